The molecule has 1 aromatic heterocycles. The van der Waals surface area contributed by atoms with Gasteiger partial charge in [0.1, 0.15) is 0 Å². The minimum Gasteiger partial charge on any atom is -0.250 e. The van der Waals surface area contributed by atoms with E-state index in [-0.39, 0.29) is 4.77 Å². The zero-order chi connectivity index (χ0) is 14.0. The van der Waals surface area contributed by atoms with Crippen molar-refractivity contribution in [3.8, 4) is 0 Å². The van der Waals surface area contributed by atoms with Crippen LogP contribution in [0, 0.1) is 4.77 Å². The van der Waals surface area contributed by atoms with Crippen LogP contribution in [0.5, 0.6) is 0 Å². The Kier molecular flexibility index (Phi) is 4.28. The van der Waals surface area contributed by atoms with Crippen molar-refractivity contribution in [3.05, 3.63) is 44.4 Å². The number of H-pyrrole nitrogens is 1. The monoisotopic (exact) mass is 322 g/mol. The predicted octanol–water partition coefficient (Wildman–Crippen LogP) is 4.07. The highest BCUT2D eigenvalue weighted by molar-refractivity contribution is 7.71. The van der Waals surface area contributed by atoms with Gasteiger partial charge in [-0.2, -0.15) is 14.9 Å². The van der Waals surface area contributed by atoms with Gasteiger partial charge in [0, 0.05) is 10.6 Å². The van der Waals surface area contributed by atoms with Crippen molar-refractivity contribution < 1.29 is 8.78 Å². The lowest BCUT2D eigenvalue weighted by Crippen LogP contribution is -1.99. The maximum Gasteiger partial charge on any atom is 0.299 e. The summed E-state index contributed by atoms with van der Waals surface area (Å²) < 4.78 is 26.1. The third-order valence-electron chi connectivity index (χ3n) is 2.15. The second-order valence-corrected chi connectivity index (χ2v) is 4.64. The number of aromatic amines is 1. The Balaban J connectivity index is 2.38. The van der Waals surface area contributed by atoms with Gasteiger partial charge in [-0.15, -0.1) is 0 Å². The van der Waals surface area contributed by atoms with E-state index >= 15 is 0 Å². The summed E-state index contributed by atoms with van der Waals surface area (Å²) in [6.45, 7) is 0. The molecule has 0 unspecified atom stereocenters. The van der Waals surface area contributed by atoms with E-state index in [1.165, 1.54) is 12.3 Å². The van der Waals surface area contributed by atoms with Gasteiger partial charge >= 0.3 is 0 Å². The third-order valence-corrected chi connectivity index (χ3v) is 2.97. The average molecular weight is 323 g/mol. The van der Waals surface area contributed by atoms with E-state index in [2.05, 4.69) is 15.3 Å². The van der Waals surface area contributed by atoms with E-state index in [1.807, 2.05) is 0 Å². The number of nitrogens with zero attached hydrogens (tertiary/aromatic N) is 3. The highest BCUT2D eigenvalue weighted by Gasteiger charge is 2.15. The maximum atomic E-state index is 12.6. The summed E-state index contributed by atoms with van der Waals surface area (Å²) in [6, 6.07) is 4.74. The Hall–Kier alpha value is -1.31. The molecule has 0 saturated carbocycles. The van der Waals surface area contributed by atoms with Crippen molar-refractivity contribution in [2.45, 2.75) is 6.43 Å². The number of rotatable bonds is 3. The van der Waals surface area contributed by atoms with Crippen LogP contribution in [-0.2, 0) is 0 Å². The Morgan fingerprint density at radius 2 is 2.16 bits per heavy atom. The van der Waals surface area contributed by atoms with E-state index in [9.17, 15) is 8.78 Å². The predicted molar refractivity (Wildman–Crippen MR) is 71.8 cm³/mol. The number of alkyl halides is 2. The summed E-state index contributed by atoms with van der Waals surface area (Å²) in [5, 5.41) is 10.3. The van der Waals surface area contributed by atoms with Crippen molar-refractivity contribution in [1.29, 1.82) is 0 Å². The molecule has 0 aliphatic heterocycles. The maximum absolute atomic E-state index is 12.6. The summed E-state index contributed by atoms with van der Waals surface area (Å²) in [4.78, 5) is 0. The van der Waals surface area contributed by atoms with Gasteiger partial charge in [-0.1, -0.05) is 29.3 Å². The molecule has 0 saturated heterocycles. The molecular formula is C10H6Cl2F2N4S. The molecule has 9 heteroatoms. The van der Waals surface area contributed by atoms with E-state index in [0.717, 1.165) is 4.68 Å². The van der Waals surface area contributed by atoms with Crippen LogP contribution < -0.4 is 0 Å². The molecule has 2 aromatic rings. The molecule has 0 radical (unpaired) electrons. The Labute approximate surface area is 121 Å². The zero-order valence-corrected chi connectivity index (χ0v) is 11.5. The second kappa shape index (κ2) is 5.77. The molecule has 19 heavy (non-hydrogen) atoms. The van der Waals surface area contributed by atoms with Crippen LogP contribution in [0.25, 0.3) is 0 Å². The van der Waals surface area contributed by atoms with Gasteiger partial charge in [-0.25, -0.2) is 13.9 Å². The molecule has 4 nitrogen and oxygen atoms in total. The van der Waals surface area contributed by atoms with E-state index < -0.39 is 12.2 Å². The van der Waals surface area contributed by atoms with Crippen LogP contribution in [0.3, 0.4) is 0 Å². The summed E-state index contributed by atoms with van der Waals surface area (Å²) in [7, 11) is 0. The van der Waals surface area contributed by atoms with Crippen LogP contribution in [0.4, 0.5) is 8.78 Å². The fraction of sp³-hybridized carbons (Fsp3) is 0.100. The van der Waals surface area contributed by atoms with Gasteiger partial charge in [-0.05, 0) is 24.4 Å². The van der Waals surface area contributed by atoms with E-state index in [1.54, 1.807) is 12.1 Å². The molecule has 1 N–H and O–H groups in total. The van der Waals surface area contributed by atoms with Gasteiger partial charge in [0.2, 0.25) is 10.6 Å². The van der Waals surface area contributed by atoms with Crippen LogP contribution in [0.15, 0.2) is 23.3 Å². The zero-order valence-electron chi connectivity index (χ0n) is 9.15. The van der Waals surface area contributed by atoms with Crippen LogP contribution >= 0.6 is 35.4 Å². The minimum absolute atomic E-state index is 0.0309. The summed E-state index contributed by atoms with van der Waals surface area (Å²) in [5.41, 5.74) is 0.523. The molecule has 0 amide bonds. The van der Waals surface area contributed by atoms with E-state index in [4.69, 9.17) is 35.4 Å². The lowest BCUT2D eigenvalue weighted by atomic mass is 10.2. The van der Waals surface area contributed by atoms with Crippen molar-refractivity contribution in [2.75, 3.05) is 0 Å². The lowest BCUT2D eigenvalue weighted by Gasteiger charge is -2.00. The van der Waals surface area contributed by atoms with Crippen molar-refractivity contribution >= 4 is 41.6 Å². The van der Waals surface area contributed by atoms with Gasteiger partial charge in [0.05, 0.1) is 11.2 Å². The fourth-order valence-electron chi connectivity index (χ4n) is 1.28. The smallest absolute Gasteiger partial charge is 0.250 e. The summed E-state index contributed by atoms with van der Waals surface area (Å²) in [5.74, 6) is -0.564. The number of nitrogens with one attached hydrogen (secondary N) is 1. The molecule has 0 aliphatic rings. The largest absolute Gasteiger partial charge is 0.299 e. The van der Waals surface area contributed by atoms with E-state index in [0.29, 0.717) is 15.6 Å². The van der Waals surface area contributed by atoms with Crippen LogP contribution in [-0.4, -0.2) is 21.1 Å². The number of benzene rings is 1. The van der Waals surface area contributed by atoms with Crippen molar-refractivity contribution in [1.82, 2.24) is 14.9 Å². The third kappa shape index (κ3) is 3.17. The minimum atomic E-state index is -2.79. The first-order valence-corrected chi connectivity index (χ1v) is 6.10. The summed E-state index contributed by atoms with van der Waals surface area (Å²) >= 11 is 16.5. The SMILES string of the molecule is FC(F)c1n[nH]c(=S)n1/N=C\c1ccc(Cl)cc1Cl. The number of hydrogen-bond acceptors (Lipinski definition) is 3. The highest BCUT2D eigenvalue weighted by atomic mass is 35.5. The molecule has 0 aliphatic carbocycles. The fourth-order valence-corrected chi connectivity index (χ4v) is 1.93. The molecule has 2 rings (SSSR count). The molecule has 1 heterocycles. The molecule has 0 fully saturated rings. The number of halogens is 4. The first-order valence-electron chi connectivity index (χ1n) is 4.94. The molecule has 0 atom stereocenters. The Morgan fingerprint density at radius 3 is 2.79 bits per heavy atom. The topological polar surface area (TPSA) is 46.0 Å². The highest BCUT2D eigenvalue weighted by Crippen LogP contribution is 2.20. The van der Waals surface area contributed by atoms with Crippen molar-refractivity contribution in [3.63, 3.8) is 0 Å². The van der Waals surface area contributed by atoms with Crippen molar-refractivity contribution in [2.24, 2.45) is 5.10 Å². The first kappa shape index (κ1) is 14.1. The Morgan fingerprint density at radius 1 is 1.42 bits per heavy atom. The van der Waals surface area contributed by atoms with Crippen LogP contribution in [0.2, 0.25) is 10.0 Å². The first-order chi connectivity index (χ1) is 8.99. The average Bonchev–Trinajstić information content (AvgIpc) is 2.70. The number of aromatic nitrogens is 3. The number of hydrogen-bond donors (Lipinski definition) is 1. The van der Waals surface area contributed by atoms with Gasteiger partial charge in [-0.3, -0.25) is 0 Å². The van der Waals surface area contributed by atoms with Gasteiger partial charge < -0.3 is 0 Å². The van der Waals surface area contributed by atoms with Gasteiger partial charge in [0.15, 0.2) is 0 Å². The molecule has 0 spiro atoms. The normalized spacial score (nSPS) is 11.6. The molecule has 100 valence electrons. The Bertz CT molecular complexity index is 680. The lowest BCUT2D eigenvalue weighted by molar-refractivity contribution is 0.136. The van der Waals surface area contributed by atoms with Crippen LogP contribution in [0.1, 0.15) is 17.8 Å². The molecule has 1 aromatic carbocycles. The molecule has 0 bridgehead atoms. The summed E-state index contributed by atoms with van der Waals surface area (Å²) in [6.07, 6.45) is -1.48. The van der Waals surface area contributed by atoms with Gasteiger partial charge in [0.25, 0.3) is 6.43 Å². The quantitative estimate of drug-likeness (QED) is 0.684. The standard InChI is InChI=1S/C10H6Cl2F2N4S/c11-6-2-1-5(7(12)3-6)4-15-18-9(8(13)14)16-17-10(18)19/h1-4,8H,(H,17,19)/b15-4-. The molecular weight excluding hydrogens is 317 g/mol. The second-order valence-electron chi connectivity index (χ2n) is 3.41.